The Bertz CT molecular complexity index is 1180. The summed E-state index contributed by atoms with van der Waals surface area (Å²) in [6.07, 6.45) is 0.891. The first-order chi connectivity index (χ1) is 16.8. The summed E-state index contributed by atoms with van der Waals surface area (Å²) in [5.74, 6) is 1.81. The molecule has 35 heavy (non-hydrogen) atoms. The second-order valence-electron chi connectivity index (χ2n) is 8.50. The molecule has 3 aromatic carbocycles. The van der Waals surface area contributed by atoms with E-state index in [-0.39, 0.29) is 18.4 Å². The van der Waals surface area contributed by atoms with Crippen LogP contribution in [0, 0.1) is 0 Å². The Morgan fingerprint density at radius 3 is 2.20 bits per heavy atom. The summed E-state index contributed by atoms with van der Waals surface area (Å²) in [6.45, 7) is 4.38. The van der Waals surface area contributed by atoms with Gasteiger partial charge in [0.25, 0.3) is 0 Å². The van der Waals surface area contributed by atoms with Crippen LogP contribution in [-0.2, 0) is 13.0 Å². The van der Waals surface area contributed by atoms with Gasteiger partial charge in [0.15, 0.2) is 5.82 Å². The number of halogens is 1. The van der Waals surface area contributed by atoms with Crippen molar-refractivity contribution in [2.75, 3.05) is 38.2 Å². The molecule has 7 nitrogen and oxygen atoms in total. The van der Waals surface area contributed by atoms with E-state index in [0.29, 0.717) is 0 Å². The molecule has 1 fully saturated rings. The van der Waals surface area contributed by atoms with Crippen molar-refractivity contribution in [1.29, 1.82) is 0 Å². The van der Waals surface area contributed by atoms with Gasteiger partial charge in [0.1, 0.15) is 5.75 Å². The molecular formula is C27H30ClN6O-. The predicted octanol–water partition coefficient (Wildman–Crippen LogP) is 0.840. The molecule has 1 aliphatic heterocycles. The second kappa shape index (κ2) is 11.8. The van der Waals surface area contributed by atoms with E-state index in [0.717, 1.165) is 56.4 Å². The molecule has 0 radical (unpaired) electrons. The van der Waals surface area contributed by atoms with Gasteiger partial charge in [-0.3, -0.25) is 4.90 Å². The normalized spacial score (nSPS) is 14.8. The van der Waals surface area contributed by atoms with Gasteiger partial charge in [-0.25, -0.2) is 4.68 Å². The molecule has 5 rings (SSSR count). The van der Waals surface area contributed by atoms with Crippen LogP contribution in [0.3, 0.4) is 0 Å². The van der Waals surface area contributed by atoms with Crippen molar-refractivity contribution >= 4 is 5.69 Å². The van der Waals surface area contributed by atoms with Crippen molar-refractivity contribution in [3.8, 4) is 5.75 Å². The van der Waals surface area contributed by atoms with E-state index in [1.54, 1.807) is 7.11 Å². The zero-order valence-electron chi connectivity index (χ0n) is 19.9. The number of ether oxygens (including phenoxy) is 1. The highest BCUT2D eigenvalue weighted by Crippen LogP contribution is 2.32. The number of hydrogen-bond acceptors (Lipinski definition) is 6. The lowest BCUT2D eigenvalue weighted by atomic mass is 10.0. The molecule has 182 valence electrons. The molecule has 4 aromatic rings. The molecule has 0 N–H and O–H groups in total. The molecule has 1 aromatic heterocycles. The Hall–Kier alpha value is -3.42. The predicted molar refractivity (Wildman–Crippen MR) is 133 cm³/mol. The third-order valence-corrected chi connectivity index (χ3v) is 6.48. The van der Waals surface area contributed by atoms with Crippen LogP contribution < -0.4 is 22.0 Å². The molecule has 1 aliphatic rings. The van der Waals surface area contributed by atoms with Crippen LogP contribution >= 0.6 is 0 Å². The van der Waals surface area contributed by atoms with E-state index in [9.17, 15) is 0 Å². The minimum absolute atomic E-state index is 0. The first-order valence-electron chi connectivity index (χ1n) is 11.8. The second-order valence-corrected chi connectivity index (χ2v) is 8.50. The van der Waals surface area contributed by atoms with Gasteiger partial charge in [0.05, 0.1) is 18.8 Å². The largest absolute Gasteiger partial charge is 1.00 e. The summed E-state index contributed by atoms with van der Waals surface area (Å²) in [6, 6.07) is 29.3. The van der Waals surface area contributed by atoms with E-state index < -0.39 is 0 Å². The van der Waals surface area contributed by atoms with E-state index in [2.05, 4.69) is 92.1 Å². The highest BCUT2D eigenvalue weighted by molar-refractivity contribution is 5.58. The molecule has 1 saturated heterocycles. The standard InChI is InChI=1S/C27H30N6O.ClH/c1-34-25-15-9-8-14-24(25)31-18-20-32(21-19-31)26(23-12-6-3-7-13-23)27-28-29-30-33(27)17-16-22-10-4-2-5-11-22;/h2-15,26H,16-21H2,1H3;1H/p-1. The average Bonchev–Trinajstić information content (AvgIpc) is 3.37. The lowest BCUT2D eigenvalue weighted by Gasteiger charge is -2.40. The van der Waals surface area contributed by atoms with Gasteiger partial charge in [-0.05, 0) is 40.1 Å². The van der Waals surface area contributed by atoms with Crippen LogP contribution in [0.4, 0.5) is 5.69 Å². The Labute approximate surface area is 212 Å². The van der Waals surface area contributed by atoms with Crippen molar-refractivity contribution in [2.45, 2.75) is 19.0 Å². The number of para-hydroxylation sites is 2. The molecule has 8 heteroatoms. The fraction of sp³-hybridized carbons (Fsp3) is 0.296. The molecule has 2 heterocycles. The quantitative estimate of drug-likeness (QED) is 0.365. The topological polar surface area (TPSA) is 59.3 Å². The smallest absolute Gasteiger partial charge is 0.173 e. The van der Waals surface area contributed by atoms with Crippen molar-refractivity contribution in [3.63, 3.8) is 0 Å². The fourth-order valence-corrected chi connectivity index (χ4v) is 4.72. The number of piperazine rings is 1. The summed E-state index contributed by atoms with van der Waals surface area (Å²) in [4.78, 5) is 4.89. The maximum atomic E-state index is 5.60. The summed E-state index contributed by atoms with van der Waals surface area (Å²) in [7, 11) is 1.73. The van der Waals surface area contributed by atoms with E-state index in [1.807, 2.05) is 22.9 Å². The number of aryl methyl sites for hydroxylation is 2. The van der Waals surface area contributed by atoms with Crippen LogP contribution in [0.1, 0.15) is 23.0 Å². The maximum Gasteiger partial charge on any atom is 0.173 e. The molecule has 0 saturated carbocycles. The van der Waals surface area contributed by atoms with Gasteiger partial charge >= 0.3 is 0 Å². The fourth-order valence-electron chi connectivity index (χ4n) is 4.72. The van der Waals surface area contributed by atoms with Gasteiger partial charge < -0.3 is 22.0 Å². The van der Waals surface area contributed by atoms with Crippen LogP contribution in [0.15, 0.2) is 84.9 Å². The zero-order chi connectivity index (χ0) is 23.2. The average molecular weight is 490 g/mol. The van der Waals surface area contributed by atoms with Gasteiger partial charge in [0, 0.05) is 32.7 Å². The Morgan fingerprint density at radius 2 is 1.49 bits per heavy atom. The number of tetrazole rings is 1. The highest BCUT2D eigenvalue weighted by Gasteiger charge is 2.31. The molecule has 1 atom stereocenters. The lowest BCUT2D eigenvalue weighted by molar-refractivity contribution is -0.00000723. The van der Waals surface area contributed by atoms with E-state index in [1.165, 1.54) is 11.1 Å². The number of methoxy groups -OCH3 is 1. The SMILES string of the molecule is COc1ccccc1N1CCN(C(c2ccccc2)c2nnnn2CCc2ccccc2)CC1.[Cl-]. The Kier molecular flexibility index (Phi) is 8.34. The van der Waals surface area contributed by atoms with Crippen molar-refractivity contribution in [3.05, 3.63) is 102 Å². The summed E-state index contributed by atoms with van der Waals surface area (Å²) < 4.78 is 7.56. The monoisotopic (exact) mass is 489 g/mol. The zero-order valence-corrected chi connectivity index (χ0v) is 20.6. The molecule has 0 bridgehead atoms. The minimum atomic E-state index is 0. The van der Waals surface area contributed by atoms with Gasteiger partial charge in [-0.15, -0.1) is 5.10 Å². The first-order valence-corrected chi connectivity index (χ1v) is 11.8. The van der Waals surface area contributed by atoms with Gasteiger partial charge in [0.2, 0.25) is 0 Å². The van der Waals surface area contributed by atoms with Crippen LogP contribution in [-0.4, -0.2) is 58.4 Å². The maximum absolute atomic E-state index is 5.60. The summed E-state index contributed by atoms with van der Waals surface area (Å²) in [5.41, 5.74) is 3.64. The third kappa shape index (κ3) is 5.63. The number of hydrogen-bond donors (Lipinski definition) is 0. The first kappa shape index (κ1) is 24.7. The number of anilines is 1. The van der Waals surface area contributed by atoms with Crippen LogP contribution in [0.25, 0.3) is 0 Å². The third-order valence-electron chi connectivity index (χ3n) is 6.48. The number of benzene rings is 3. The summed E-state index contributed by atoms with van der Waals surface area (Å²) in [5, 5.41) is 12.9. The molecule has 0 aliphatic carbocycles. The molecule has 0 spiro atoms. The van der Waals surface area contributed by atoms with Crippen LogP contribution in [0.5, 0.6) is 5.75 Å². The van der Waals surface area contributed by atoms with Gasteiger partial charge in [-0.2, -0.15) is 0 Å². The summed E-state index contributed by atoms with van der Waals surface area (Å²) >= 11 is 0. The molecule has 0 amide bonds. The molecule has 1 unspecified atom stereocenters. The number of rotatable bonds is 8. The highest BCUT2D eigenvalue weighted by atomic mass is 35.5. The van der Waals surface area contributed by atoms with Crippen molar-refractivity contribution in [1.82, 2.24) is 25.1 Å². The van der Waals surface area contributed by atoms with Crippen molar-refractivity contribution < 1.29 is 17.1 Å². The van der Waals surface area contributed by atoms with Crippen molar-refractivity contribution in [2.24, 2.45) is 0 Å². The number of aromatic nitrogens is 4. The van der Waals surface area contributed by atoms with Crippen LogP contribution in [0.2, 0.25) is 0 Å². The number of nitrogens with zero attached hydrogens (tertiary/aromatic N) is 6. The Morgan fingerprint density at radius 1 is 0.829 bits per heavy atom. The van der Waals surface area contributed by atoms with E-state index >= 15 is 0 Å². The van der Waals surface area contributed by atoms with E-state index in [4.69, 9.17) is 4.74 Å². The Balaban J connectivity index is 0.00000289. The minimum Gasteiger partial charge on any atom is -1.00 e. The lowest BCUT2D eigenvalue weighted by Crippen LogP contribution is -3.00. The molecular weight excluding hydrogens is 460 g/mol. The van der Waals surface area contributed by atoms with Gasteiger partial charge in [-0.1, -0.05) is 72.8 Å².